The number of carbonyl (C=O) groups is 1. The average molecular weight is 285 g/mol. The standard InChI is InChI=1S/C11H16Cl3NO/c1-6(15-10(16)11(12,13)14)9-5-7-2-3-8(9)4-7/h6-9H,2-5H2,1H3,(H,15,16). The molecule has 2 nitrogen and oxygen atoms in total. The zero-order valence-electron chi connectivity index (χ0n) is 9.18. The summed E-state index contributed by atoms with van der Waals surface area (Å²) in [4.78, 5) is 11.5. The number of carbonyl (C=O) groups excluding carboxylic acids is 1. The Morgan fingerprint density at radius 2 is 2.00 bits per heavy atom. The predicted octanol–water partition coefficient (Wildman–Crippen LogP) is 3.30. The van der Waals surface area contributed by atoms with Crippen molar-refractivity contribution in [2.24, 2.45) is 17.8 Å². The first kappa shape index (κ1) is 12.8. The molecule has 4 atom stereocenters. The minimum atomic E-state index is -1.84. The summed E-state index contributed by atoms with van der Waals surface area (Å²) in [5.74, 6) is 1.68. The van der Waals surface area contributed by atoms with Gasteiger partial charge in [-0.15, -0.1) is 0 Å². The summed E-state index contributed by atoms with van der Waals surface area (Å²) >= 11 is 16.6. The molecule has 0 radical (unpaired) electrons. The van der Waals surface area contributed by atoms with Crippen molar-refractivity contribution < 1.29 is 4.79 Å². The van der Waals surface area contributed by atoms with E-state index in [0.29, 0.717) is 5.92 Å². The maximum Gasteiger partial charge on any atom is 0.272 e. The monoisotopic (exact) mass is 283 g/mol. The summed E-state index contributed by atoms with van der Waals surface area (Å²) in [5, 5.41) is 2.81. The number of halogens is 3. The lowest BCUT2D eigenvalue weighted by molar-refractivity contribution is -0.121. The minimum absolute atomic E-state index is 0.110. The van der Waals surface area contributed by atoms with Crippen LogP contribution in [0.15, 0.2) is 0 Å². The van der Waals surface area contributed by atoms with Gasteiger partial charge in [0.25, 0.3) is 9.70 Å². The van der Waals surface area contributed by atoms with Gasteiger partial charge in [-0.25, -0.2) is 0 Å². The van der Waals surface area contributed by atoms with E-state index in [0.717, 1.165) is 11.8 Å². The molecule has 1 amide bonds. The fourth-order valence-corrected chi connectivity index (χ4v) is 3.47. The van der Waals surface area contributed by atoms with Gasteiger partial charge in [-0.05, 0) is 43.9 Å². The van der Waals surface area contributed by atoms with Crippen LogP contribution in [0.2, 0.25) is 0 Å². The summed E-state index contributed by atoms with van der Waals surface area (Å²) in [6.45, 7) is 2.01. The van der Waals surface area contributed by atoms with Crippen molar-refractivity contribution in [1.82, 2.24) is 5.32 Å². The van der Waals surface area contributed by atoms with E-state index in [1.807, 2.05) is 6.92 Å². The van der Waals surface area contributed by atoms with Crippen LogP contribution in [0.25, 0.3) is 0 Å². The van der Waals surface area contributed by atoms with Crippen molar-refractivity contribution in [3.63, 3.8) is 0 Å². The first-order valence-electron chi connectivity index (χ1n) is 5.75. The van der Waals surface area contributed by atoms with Crippen LogP contribution in [0, 0.1) is 17.8 Å². The Bertz CT molecular complexity index is 289. The highest BCUT2D eigenvalue weighted by molar-refractivity contribution is 6.76. The highest BCUT2D eigenvalue weighted by Crippen LogP contribution is 2.49. The zero-order chi connectivity index (χ0) is 11.9. The summed E-state index contributed by atoms with van der Waals surface area (Å²) in [6.07, 6.45) is 5.18. The number of hydrogen-bond acceptors (Lipinski definition) is 1. The molecule has 5 heteroatoms. The summed E-state index contributed by atoms with van der Waals surface area (Å²) in [7, 11) is 0. The third-order valence-electron chi connectivity index (χ3n) is 4.05. The number of hydrogen-bond donors (Lipinski definition) is 1. The van der Waals surface area contributed by atoms with Crippen LogP contribution in [0.3, 0.4) is 0 Å². The summed E-state index contributed by atoms with van der Waals surface area (Å²) in [5.41, 5.74) is 0. The Morgan fingerprint density at radius 1 is 1.31 bits per heavy atom. The topological polar surface area (TPSA) is 29.1 Å². The molecule has 4 unspecified atom stereocenters. The quantitative estimate of drug-likeness (QED) is 0.775. The van der Waals surface area contributed by atoms with Gasteiger partial charge in [-0.3, -0.25) is 4.79 Å². The largest absolute Gasteiger partial charge is 0.350 e. The highest BCUT2D eigenvalue weighted by Gasteiger charge is 2.43. The van der Waals surface area contributed by atoms with Crippen molar-refractivity contribution in [2.75, 3.05) is 0 Å². The number of fused-ring (bicyclic) bond motifs is 2. The van der Waals surface area contributed by atoms with Crippen molar-refractivity contribution in [3.8, 4) is 0 Å². The molecule has 2 bridgehead atoms. The van der Waals surface area contributed by atoms with Gasteiger partial charge in [0.05, 0.1) is 0 Å². The van der Waals surface area contributed by atoms with E-state index in [1.165, 1.54) is 25.7 Å². The fraction of sp³-hybridized carbons (Fsp3) is 0.909. The molecule has 92 valence electrons. The lowest BCUT2D eigenvalue weighted by Crippen LogP contribution is -2.45. The van der Waals surface area contributed by atoms with Gasteiger partial charge in [-0.2, -0.15) is 0 Å². The van der Waals surface area contributed by atoms with Crippen molar-refractivity contribution in [1.29, 1.82) is 0 Å². The maximum absolute atomic E-state index is 11.5. The minimum Gasteiger partial charge on any atom is -0.350 e. The van der Waals surface area contributed by atoms with E-state index in [1.54, 1.807) is 0 Å². The second kappa shape index (κ2) is 4.55. The Labute approximate surface area is 111 Å². The van der Waals surface area contributed by atoms with Crippen LogP contribution in [-0.4, -0.2) is 15.7 Å². The second-order valence-electron chi connectivity index (χ2n) is 5.10. The Kier molecular flexibility index (Phi) is 3.63. The van der Waals surface area contributed by atoms with Crippen LogP contribution in [0.5, 0.6) is 0 Å². The van der Waals surface area contributed by atoms with E-state index in [9.17, 15) is 4.79 Å². The SMILES string of the molecule is CC(NC(=O)C(Cl)(Cl)Cl)C1CC2CCC1C2. The van der Waals surface area contributed by atoms with Gasteiger partial charge < -0.3 is 5.32 Å². The number of amides is 1. The molecule has 1 N–H and O–H groups in total. The molecular weight excluding hydrogens is 268 g/mol. The molecule has 2 rings (SSSR count). The van der Waals surface area contributed by atoms with Crippen LogP contribution < -0.4 is 5.32 Å². The summed E-state index contributed by atoms with van der Waals surface area (Å²) < 4.78 is -1.84. The van der Waals surface area contributed by atoms with Crippen LogP contribution in [0.1, 0.15) is 32.6 Å². The molecule has 0 aromatic heterocycles. The molecule has 0 heterocycles. The zero-order valence-corrected chi connectivity index (χ0v) is 11.4. The molecule has 0 aromatic carbocycles. The highest BCUT2D eigenvalue weighted by atomic mass is 35.6. The van der Waals surface area contributed by atoms with E-state index in [-0.39, 0.29) is 6.04 Å². The molecule has 2 aliphatic rings. The maximum atomic E-state index is 11.5. The third kappa shape index (κ3) is 2.60. The Hall–Kier alpha value is 0.340. The van der Waals surface area contributed by atoms with Gasteiger partial charge >= 0.3 is 0 Å². The predicted molar refractivity (Wildman–Crippen MR) is 66.8 cm³/mol. The van der Waals surface area contributed by atoms with Crippen LogP contribution in [-0.2, 0) is 4.79 Å². The van der Waals surface area contributed by atoms with Crippen molar-refractivity contribution >= 4 is 40.7 Å². The van der Waals surface area contributed by atoms with Gasteiger partial charge in [0, 0.05) is 6.04 Å². The van der Waals surface area contributed by atoms with Crippen molar-refractivity contribution in [2.45, 2.75) is 42.4 Å². The molecule has 2 aliphatic carbocycles. The average Bonchev–Trinajstić information content (AvgIpc) is 2.76. The normalized spacial score (nSPS) is 35.1. The van der Waals surface area contributed by atoms with E-state index < -0.39 is 9.70 Å². The molecule has 2 saturated carbocycles. The Morgan fingerprint density at radius 3 is 2.44 bits per heavy atom. The Balaban J connectivity index is 1.89. The third-order valence-corrected chi connectivity index (χ3v) is 4.57. The first-order chi connectivity index (χ1) is 7.38. The number of rotatable bonds is 2. The van der Waals surface area contributed by atoms with Crippen molar-refractivity contribution in [3.05, 3.63) is 0 Å². The van der Waals surface area contributed by atoms with Gasteiger partial charge in [0.2, 0.25) is 0 Å². The molecule has 0 aromatic rings. The number of alkyl halides is 3. The lowest BCUT2D eigenvalue weighted by atomic mass is 9.84. The molecular formula is C11H16Cl3NO. The second-order valence-corrected chi connectivity index (χ2v) is 7.38. The fourth-order valence-electron chi connectivity index (χ4n) is 3.30. The van der Waals surface area contributed by atoms with E-state index in [2.05, 4.69) is 5.32 Å². The van der Waals surface area contributed by atoms with Gasteiger partial charge in [0.1, 0.15) is 0 Å². The molecule has 0 saturated heterocycles. The van der Waals surface area contributed by atoms with E-state index >= 15 is 0 Å². The molecule has 0 spiro atoms. The van der Waals surface area contributed by atoms with E-state index in [4.69, 9.17) is 34.8 Å². The van der Waals surface area contributed by atoms with Gasteiger partial charge in [0.15, 0.2) is 0 Å². The van der Waals surface area contributed by atoms with Crippen LogP contribution >= 0.6 is 34.8 Å². The van der Waals surface area contributed by atoms with Crippen LogP contribution in [0.4, 0.5) is 0 Å². The summed E-state index contributed by atoms with van der Waals surface area (Å²) in [6, 6.07) is 0.110. The first-order valence-corrected chi connectivity index (χ1v) is 6.89. The number of nitrogens with one attached hydrogen (secondary N) is 1. The smallest absolute Gasteiger partial charge is 0.272 e. The molecule has 2 fully saturated rings. The van der Waals surface area contributed by atoms with Gasteiger partial charge in [-0.1, -0.05) is 41.2 Å². The molecule has 0 aliphatic heterocycles. The molecule has 16 heavy (non-hydrogen) atoms. The lowest BCUT2D eigenvalue weighted by Gasteiger charge is -2.29.